The third-order valence-electron chi connectivity index (χ3n) is 4.80. The summed E-state index contributed by atoms with van der Waals surface area (Å²) >= 11 is 6.03. The highest BCUT2D eigenvalue weighted by molar-refractivity contribution is 6.31. The summed E-state index contributed by atoms with van der Waals surface area (Å²) in [6, 6.07) is 15.3. The van der Waals surface area contributed by atoms with Crippen LogP contribution < -0.4 is 0 Å². The molecule has 2 aromatic carbocycles. The fourth-order valence-electron chi connectivity index (χ4n) is 3.58. The van der Waals surface area contributed by atoms with E-state index < -0.39 is 0 Å². The number of benzene rings is 2. The van der Waals surface area contributed by atoms with E-state index in [2.05, 4.69) is 14.9 Å². The number of imidazole rings is 1. The highest BCUT2D eigenvalue weighted by Crippen LogP contribution is 2.23. The van der Waals surface area contributed by atoms with Crippen molar-refractivity contribution in [3.63, 3.8) is 0 Å². The minimum absolute atomic E-state index is 0.0246. The van der Waals surface area contributed by atoms with Gasteiger partial charge >= 0.3 is 0 Å². The Kier molecular flexibility index (Phi) is 4.55. The van der Waals surface area contributed by atoms with Gasteiger partial charge in [0.25, 0.3) is 0 Å². The van der Waals surface area contributed by atoms with E-state index in [4.69, 9.17) is 11.6 Å². The largest absolute Gasteiger partial charge is 0.341 e. The normalized spacial score (nSPS) is 18.5. The molecule has 25 heavy (non-hydrogen) atoms. The lowest BCUT2D eigenvalue weighted by molar-refractivity contribution is 0.0809. The van der Waals surface area contributed by atoms with Crippen molar-refractivity contribution < 1.29 is 4.79 Å². The van der Waals surface area contributed by atoms with Crippen molar-refractivity contribution in [3.8, 4) is 0 Å². The van der Waals surface area contributed by atoms with E-state index in [9.17, 15) is 4.79 Å². The van der Waals surface area contributed by atoms with Gasteiger partial charge in [-0.3, -0.25) is 9.69 Å². The Morgan fingerprint density at radius 3 is 2.96 bits per heavy atom. The van der Waals surface area contributed by atoms with Gasteiger partial charge in [-0.1, -0.05) is 35.9 Å². The summed E-state index contributed by atoms with van der Waals surface area (Å²) in [4.78, 5) is 23.1. The predicted octanol–water partition coefficient (Wildman–Crippen LogP) is 4.31. The Labute approximate surface area is 151 Å². The number of hydrogen-bond acceptors (Lipinski definition) is 3. The van der Waals surface area contributed by atoms with Gasteiger partial charge in [0.05, 0.1) is 17.6 Å². The number of rotatable bonds is 4. The number of aromatic amines is 1. The highest BCUT2D eigenvalue weighted by Gasteiger charge is 2.27. The molecule has 4 rings (SSSR count). The first kappa shape index (κ1) is 16.3. The van der Waals surface area contributed by atoms with Crippen molar-refractivity contribution in [3.05, 3.63) is 64.9 Å². The average molecular weight is 354 g/mol. The zero-order valence-corrected chi connectivity index (χ0v) is 14.7. The smallest absolute Gasteiger partial charge is 0.167 e. The molecule has 3 aromatic rings. The van der Waals surface area contributed by atoms with Crippen LogP contribution >= 0.6 is 11.6 Å². The van der Waals surface area contributed by atoms with Crippen LogP contribution in [0.5, 0.6) is 0 Å². The Balaban J connectivity index is 1.46. The molecule has 1 aliphatic heterocycles. The second-order valence-electron chi connectivity index (χ2n) is 6.65. The SMILES string of the molecule is O=C(c1cccc(Cl)c1)[C@@H]1CCCN(Cc2nc3ccccc3[nH]2)C1. The maximum atomic E-state index is 12.8. The van der Waals surface area contributed by atoms with Crippen molar-refractivity contribution >= 4 is 28.4 Å². The Bertz CT molecular complexity index is 872. The Hall–Kier alpha value is -2.17. The number of aromatic nitrogens is 2. The number of halogens is 1. The first-order valence-corrected chi connectivity index (χ1v) is 9.02. The van der Waals surface area contributed by atoms with Crippen LogP contribution in [0.25, 0.3) is 11.0 Å². The van der Waals surface area contributed by atoms with Crippen molar-refractivity contribution in [1.29, 1.82) is 0 Å². The van der Waals surface area contributed by atoms with Gasteiger partial charge in [-0.15, -0.1) is 0 Å². The number of H-pyrrole nitrogens is 1. The zero-order valence-electron chi connectivity index (χ0n) is 13.9. The van der Waals surface area contributed by atoms with Gasteiger partial charge in [-0.25, -0.2) is 4.98 Å². The summed E-state index contributed by atoms with van der Waals surface area (Å²) in [5.74, 6) is 1.17. The van der Waals surface area contributed by atoms with E-state index in [-0.39, 0.29) is 11.7 Å². The van der Waals surface area contributed by atoms with Gasteiger partial charge in [-0.2, -0.15) is 0 Å². The number of likely N-dealkylation sites (tertiary alicyclic amines) is 1. The number of carbonyl (C=O) groups is 1. The van der Waals surface area contributed by atoms with E-state index in [1.54, 1.807) is 12.1 Å². The molecule has 0 aliphatic carbocycles. The third-order valence-corrected chi connectivity index (χ3v) is 5.03. The number of para-hydroxylation sites is 2. The Morgan fingerprint density at radius 1 is 1.24 bits per heavy atom. The summed E-state index contributed by atoms with van der Waals surface area (Å²) in [7, 11) is 0. The molecule has 1 saturated heterocycles. The van der Waals surface area contributed by atoms with Gasteiger partial charge in [-0.05, 0) is 43.7 Å². The summed E-state index contributed by atoms with van der Waals surface area (Å²) in [6.45, 7) is 2.51. The second-order valence-corrected chi connectivity index (χ2v) is 7.09. The number of carbonyl (C=O) groups excluding carboxylic acids is 1. The molecule has 2 heterocycles. The molecule has 1 N–H and O–H groups in total. The molecule has 0 unspecified atom stereocenters. The lowest BCUT2D eigenvalue weighted by atomic mass is 9.90. The van der Waals surface area contributed by atoms with E-state index in [0.29, 0.717) is 10.6 Å². The van der Waals surface area contributed by atoms with Crippen molar-refractivity contribution in [1.82, 2.24) is 14.9 Å². The molecule has 0 bridgehead atoms. The zero-order chi connectivity index (χ0) is 17.2. The number of ketones is 1. The lowest BCUT2D eigenvalue weighted by Gasteiger charge is -2.31. The fourth-order valence-corrected chi connectivity index (χ4v) is 3.77. The third kappa shape index (κ3) is 3.60. The predicted molar refractivity (Wildman–Crippen MR) is 99.9 cm³/mol. The van der Waals surface area contributed by atoms with Gasteiger partial charge in [0.15, 0.2) is 5.78 Å². The van der Waals surface area contributed by atoms with Crippen LogP contribution in [-0.4, -0.2) is 33.7 Å². The minimum Gasteiger partial charge on any atom is -0.341 e. The molecule has 0 amide bonds. The van der Waals surface area contributed by atoms with Gasteiger partial charge in [0.2, 0.25) is 0 Å². The number of fused-ring (bicyclic) bond motifs is 1. The molecule has 0 radical (unpaired) electrons. The average Bonchev–Trinajstić information content (AvgIpc) is 3.03. The molecule has 1 aliphatic rings. The summed E-state index contributed by atoms with van der Waals surface area (Å²) in [6.07, 6.45) is 1.96. The second kappa shape index (κ2) is 6.98. The quantitative estimate of drug-likeness (QED) is 0.711. The molecule has 5 heteroatoms. The number of hydrogen-bond donors (Lipinski definition) is 1. The molecule has 4 nitrogen and oxygen atoms in total. The van der Waals surface area contributed by atoms with Crippen molar-refractivity contribution in [2.45, 2.75) is 19.4 Å². The van der Waals surface area contributed by atoms with E-state index in [1.807, 2.05) is 36.4 Å². The fraction of sp³-hybridized carbons (Fsp3) is 0.300. The lowest BCUT2D eigenvalue weighted by Crippen LogP contribution is -2.38. The van der Waals surface area contributed by atoms with Crippen molar-refractivity contribution in [2.75, 3.05) is 13.1 Å². The first-order valence-electron chi connectivity index (χ1n) is 8.65. The molecule has 1 aromatic heterocycles. The summed E-state index contributed by atoms with van der Waals surface area (Å²) in [5.41, 5.74) is 2.75. The molecule has 0 spiro atoms. The summed E-state index contributed by atoms with van der Waals surface area (Å²) in [5, 5.41) is 0.612. The van der Waals surface area contributed by atoms with E-state index in [0.717, 1.165) is 49.3 Å². The van der Waals surface area contributed by atoms with Crippen LogP contribution in [0.1, 0.15) is 29.0 Å². The number of nitrogens with one attached hydrogen (secondary N) is 1. The number of nitrogens with zero attached hydrogens (tertiary/aromatic N) is 2. The van der Waals surface area contributed by atoms with Crippen molar-refractivity contribution in [2.24, 2.45) is 5.92 Å². The van der Waals surface area contributed by atoms with Gasteiger partial charge in [0, 0.05) is 23.0 Å². The van der Waals surface area contributed by atoms with Crippen LogP contribution in [0.2, 0.25) is 5.02 Å². The van der Waals surface area contributed by atoms with Crippen LogP contribution in [0.3, 0.4) is 0 Å². The standard InChI is InChI=1S/C20H20ClN3O/c21-16-7-3-5-14(11-16)20(25)15-6-4-10-24(12-15)13-19-22-17-8-1-2-9-18(17)23-19/h1-3,5,7-9,11,15H,4,6,10,12-13H2,(H,22,23)/t15-/m1/s1. The Morgan fingerprint density at radius 2 is 2.12 bits per heavy atom. The van der Waals surface area contributed by atoms with Crippen LogP contribution in [0, 0.1) is 5.92 Å². The molecule has 1 fully saturated rings. The van der Waals surface area contributed by atoms with E-state index in [1.165, 1.54) is 0 Å². The van der Waals surface area contributed by atoms with E-state index >= 15 is 0 Å². The first-order chi connectivity index (χ1) is 12.2. The van der Waals surface area contributed by atoms with Gasteiger partial charge in [0.1, 0.15) is 5.82 Å². The van der Waals surface area contributed by atoms with Gasteiger partial charge < -0.3 is 4.98 Å². The summed E-state index contributed by atoms with van der Waals surface area (Å²) < 4.78 is 0. The van der Waals surface area contributed by atoms with Crippen LogP contribution in [-0.2, 0) is 6.54 Å². The van der Waals surface area contributed by atoms with Crippen LogP contribution in [0.4, 0.5) is 0 Å². The molecule has 128 valence electrons. The molecular formula is C20H20ClN3O. The topological polar surface area (TPSA) is 49.0 Å². The maximum Gasteiger partial charge on any atom is 0.167 e. The minimum atomic E-state index is 0.0246. The number of Topliss-reactive ketones (excluding diaryl/α,β-unsaturated/α-hetero) is 1. The monoisotopic (exact) mass is 353 g/mol. The maximum absolute atomic E-state index is 12.8. The van der Waals surface area contributed by atoms with Crippen LogP contribution in [0.15, 0.2) is 48.5 Å². The highest BCUT2D eigenvalue weighted by atomic mass is 35.5. The number of piperidine rings is 1. The molecular weight excluding hydrogens is 334 g/mol. The molecule has 1 atom stereocenters. The molecule has 0 saturated carbocycles.